The van der Waals surface area contributed by atoms with Gasteiger partial charge in [0, 0.05) is 30.8 Å². The molecule has 2 N–H and O–H groups in total. The quantitative estimate of drug-likeness (QED) is 0.743. The molecule has 1 aliphatic heterocycles. The summed E-state index contributed by atoms with van der Waals surface area (Å²) in [5.74, 6) is 0.538. The van der Waals surface area contributed by atoms with Crippen molar-refractivity contribution in [3.63, 3.8) is 0 Å². The molecule has 1 aliphatic rings. The van der Waals surface area contributed by atoms with Gasteiger partial charge in [0.2, 0.25) is 0 Å². The van der Waals surface area contributed by atoms with Crippen LogP contribution in [0.4, 0.5) is 10.2 Å². The van der Waals surface area contributed by atoms with Crippen LogP contribution in [0.2, 0.25) is 0 Å². The van der Waals surface area contributed by atoms with Crippen LogP contribution < -0.4 is 10.2 Å². The lowest BCUT2D eigenvalue weighted by molar-refractivity contribution is 0.0933. The summed E-state index contributed by atoms with van der Waals surface area (Å²) in [6.45, 7) is 1.61. The zero-order valence-corrected chi connectivity index (χ0v) is 14.9. The molecule has 2 aromatic carbocycles. The fraction of sp³-hybridized carbons (Fsp3) is 0.238. The number of rotatable bonds is 4. The number of H-pyrrole nitrogens is 1. The number of benzene rings is 2. The second-order valence-electron chi connectivity index (χ2n) is 6.77. The van der Waals surface area contributed by atoms with Crippen LogP contribution in [0.1, 0.15) is 23.2 Å². The molecule has 1 aromatic heterocycles. The third-order valence-corrected chi connectivity index (χ3v) is 4.84. The molecule has 0 spiro atoms. The lowest BCUT2D eigenvalue weighted by Crippen LogP contribution is -2.48. The molecule has 5 nitrogen and oxygen atoms in total. The number of nitrogens with one attached hydrogen (secondary N) is 2. The Balaban J connectivity index is 1.42. The maximum atomic E-state index is 13.1. The van der Waals surface area contributed by atoms with Crippen molar-refractivity contribution in [2.45, 2.75) is 18.9 Å². The summed E-state index contributed by atoms with van der Waals surface area (Å²) < 4.78 is 13.1. The number of aromatic nitrogens is 2. The largest absolute Gasteiger partial charge is 0.353 e. The van der Waals surface area contributed by atoms with Crippen LogP contribution in [0.25, 0.3) is 11.3 Å². The van der Waals surface area contributed by atoms with Crippen LogP contribution >= 0.6 is 0 Å². The van der Waals surface area contributed by atoms with Gasteiger partial charge in [-0.25, -0.2) is 4.39 Å². The van der Waals surface area contributed by atoms with Crippen molar-refractivity contribution in [2.75, 3.05) is 18.0 Å². The van der Waals surface area contributed by atoms with Gasteiger partial charge in [0.1, 0.15) is 5.82 Å². The molecule has 6 heteroatoms. The van der Waals surface area contributed by atoms with Gasteiger partial charge in [-0.3, -0.25) is 9.89 Å². The van der Waals surface area contributed by atoms with Gasteiger partial charge in [-0.1, -0.05) is 18.2 Å². The predicted octanol–water partition coefficient (Wildman–Crippen LogP) is 3.61. The first-order valence-electron chi connectivity index (χ1n) is 9.11. The standard InChI is InChI=1S/C21H21FN4O/c22-17-10-8-15(9-11-17)19-13-20(25-24-19)26-12-4-7-18(14-26)23-21(27)16-5-2-1-3-6-16/h1-3,5-6,8-11,13,18H,4,7,12,14H2,(H,23,27)(H,24,25)/t18-/m0/s1. The van der Waals surface area contributed by atoms with E-state index in [1.165, 1.54) is 12.1 Å². The number of aromatic amines is 1. The van der Waals surface area contributed by atoms with Crippen LogP contribution in [-0.4, -0.2) is 35.2 Å². The topological polar surface area (TPSA) is 61.0 Å². The predicted molar refractivity (Wildman–Crippen MR) is 103 cm³/mol. The van der Waals surface area contributed by atoms with E-state index in [-0.39, 0.29) is 17.8 Å². The lowest BCUT2D eigenvalue weighted by Gasteiger charge is -2.33. The number of amides is 1. The molecule has 1 saturated heterocycles. The number of carbonyl (C=O) groups excluding carboxylic acids is 1. The van der Waals surface area contributed by atoms with Gasteiger partial charge in [-0.05, 0) is 54.8 Å². The molecule has 0 unspecified atom stereocenters. The Bertz CT molecular complexity index is 907. The highest BCUT2D eigenvalue weighted by atomic mass is 19.1. The van der Waals surface area contributed by atoms with Crippen molar-refractivity contribution >= 4 is 11.7 Å². The van der Waals surface area contributed by atoms with Crippen LogP contribution in [0.3, 0.4) is 0 Å². The number of hydrogen-bond donors (Lipinski definition) is 2. The smallest absolute Gasteiger partial charge is 0.251 e. The van der Waals surface area contributed by atoms with Crippen LogP contribution in [0.5, 0.6) is 0 Å². The highest BCUT2D eigenvalue weighted by molar-refractivity contribution is 5.94. The summed E-state index contributed by atoms with van der Waals surface area (Å²) in [6, 6.07) is 17.6. The summed E-state index contributed by atoms with van der Waals surface area (Å²) in [6.07, 6.45) is 1.93. The number of piperidine rings is 1. The Morgan fingerprint density at radius 1 is 1.15 bits per heavy atom. The highest BCUT2D eigenvalue weighted by Crippen LogP contribution is 2.24. The minimum Gasteiger partial charge on any atom is -0.353 e. The molecule has 1 atom stereocenters. The van der Waals surface area contributed by atoms with E-state index in [9.17, 15) is 9.18 Å². The molecule has 27 heavy (non-hydrogen) atoms. The Hall–Kier alpha value is -3.15. The van der Waals surface area contributed by atoms with E-state index in [0.717, 1.165) is 36.5 Å². The van der Waals surface area contributed by atoms with Gasteiger partial charge in [0.25, 0.3) is 5.91 Å². The first-order valence-corrected chi connectivity index (χ1v) is 9.11. The van der Waals surface area contributed by atoms with Gasteiger partial charge in [-0.2, -0.15) is 5.10 Å². The zero-order valence-electron chi connectivity index (χ0n) is 14.9. The molecule has 138 valence electrons. The molecule has 4 rings (SSSR count). The maximum absolute atomic E-state index is 13.1. The van der Waals surface area contributed by atoms with Crippen molar-refractivity contribution < 1.29 is 9.18 Å². The number of nitrogens with zero attached hydrogens (tertiary/aromatic N) is 2. The number of halogens is 1. The van der Waals surface area contributed by atoms with E-state index >= 15 is 0 Å². The summed E-state index contributed by atoms with van der Waals surface area (Å²) in [4.78, 5) is 14.6. The molecule has 0 aliphatic carbocycles. The van der Waals surface area contributed by atoms with E-state index in [0.29, 0.717) is 12.1 Å². The Kier molecular flexibility index (Phi) is 4.87. The van der Waals surface area contributed by atoms with E-state index in [4.69, 9.17) is 0 Å². The fourth-order valence-electron chi connectivity index (χ4n) is 3.41. The molecule has 0 bridgehead atoms. The summed E-state index contributed by atoms with van der Waals surface area (Å²) in [7, 11) is 0. The van der Waals surface area contributed by atoms with Crippen LogP contribution in [-0.2, 0) is 0 Å². The minimum absolute atomic E-state index is 0.0449. The van der Waals surface area contributed by atoms with Crippen LogP contribution in [0.15, 0.2) is 60.7 Å². The van der Waals surface area contributed by atoms with Crippen molar-refractivity contribution in [1.29, 1.82) is 0 Å². The fourth-order valence-corrected chi connectivity index (χ4v) is 3.41. The average molecular weight is 364 g/mol. The molecule has 1 amide bonds. The molecular formula is C21H21FN4O. The summed E-state index contributed by atoms with van der Waals surface area (Å²) in [5, 5.41) is 10.5. The molecular weight excluding hydrogens is 343 g/mol. The summed E-state index contributed by atoms with van der Waals surface area (Å²) >= 11 is 0. The molecule has 1 fully saturated rings. The normalized spacial score (nSPS) is 16.9. The van der Waals surface area contributed by atoms with E-state index in [1.54, 1.807) is 12.1 Å². The Morgan fingerprint density at radius 3 is 2.70 bits per heavy atom. The molecule has 3 aromatic rings. The lowest BCUT2D eigenvalue weighted by atomic mass is 10.0. The first-order chi connectivity index (χ1) is 13.2. The van der Waals surface area contributed by atoms with Crippen molar-refractivity contribution in [1.82, 2.24) is 15.5 Å². The van der Waals surface area contributed by atoms with Crippen LogP contribution in [0, 0.1) is 5.82 Å². The molecule has 2 heterocycles. The maximum Gasteiger partial charge on any atom is 0.251 e. The van der Waals surface area contributed by atoms with Gasteiger partial charge >= 0.3 is 0 Å². The third-order valence-electron chi connectivity index (χ3n) is 4.84. The van der Waals surface area contributed by atoms with E-state index < -0.39 is 0 Å². The van der Waals surface area contributed by atoms with Gasteiger partial charge in [0.15, 0.2) is 5.82 Å². The molecule has 0 saturated carbocycles. The Morgan fingerprint density at radius 2 is 1.93 bits per heavy atom. The van der Waals surface area contributed by atoms with Gasteiger partial charge in [-0.15, -0.1) is 0 Å². The van der Waals surface area contributed by atoms with E-state index in [2.05, 4.69) is 20.4 Å². The minimum atomic E-state index is -0.258. The van der Waals surface area contributed by atoms with Crippen molar-refractivity contribution in [3.05, 3.63) is 72.0 Å². The van der Waals surface area contributed by atoms with Gasteiger partial charge in [0.05, 0.1) is 5.69 Å². The summed E-state index contributed by atoms with van der Waals surface area (Å²) in [5.41, 5.74) is 2.41. The van der Waals surface area contributed by atoms with Crippen molar-refractivity contribution in [3.8, 4) is 11.3 Å². The average Bonchev–Trinajstić information content (AvgIpc) is 3.20. The number of hydrogen-bond acceptors (Lipinski definition) is 3. The highest BCUT2D eigenvalue weighted by Gasteiger charge is 2.23. The molecule has 0 radical (unpaired) electrons. The zero-order chi connectivity index (χ0) is 18.6. The Labute approximate surface area is 157 Å². The van der Waals surface area contributed by atoms with E-state index in [1.807, 2.05) is 36.4 Å². The first kappa shape index (κ1) is 17.3. The SMILES string of the molecule is O=C(N[C@H]1CCCN(c2cc(-c3ccc(F)cc3)[nH]n2)C1)c1ccccc1. The second-order valence-corrected chi connectivity index (χ2v) is 6.77. The van der Waals surface area contributed by atoms with Crippen molar-refractivity contribution in [2.24, 2.45) is 0 Å². The van der Waals surface area contributed by atoms with Gasteiger partial charge < -0.3 is 10.2 Å². The number of anilines is 1. The number of carbonyl (C=O) groups is 1. The monoisotopic (exact) mass is 364 g/mol. The second kappa shape index (κ2) is 7.61. The third kappa shape index (κ3) is 4.00.